The molecular weight excluding hydrogens is 230 g/mol. The van der Waals surface area contributed by atoms with Crippen molar-refractivity contribution in [1.82, 2.24) is 15.1 Å². The monoisotopic (exact) mass is 251 g/mol. The Bertz CT molecular complexity index is 391. The van der Waals surface area contributed by atoms with Gasteiger partial charge in [-0.1, -0.05) is 19.8 Å². The quantitative estimate of drug-likeness (QED) is 0.837. The molecule has 1 saturated carbocycles. The molecule has 2 N–H and O–H groups in total. The third kappa shape index (κ3) is 3.10. The average molecular weight is 251 g/mol. The first-order chi connectivity index (χ1) is 8.63. The van der Waals surface area contributed by atoms with E-state index >= 15 is 0 Å². The molecule has 0 radical (unpaired) electrons. The Morgan fingerprint density at radius 2 is 2.50 bits per heavy atom. The number of aromatic nitrogens is 2. The summed E-state index contributed by atoms with van der Waals surface area (Å²) in [7, 11) is 0. The second-order valence-electron chi connectivity index (χ2n) is 5.39. The SMILES string of the molecule is CC1CCCC(CO)(NC(=O)Cn2cccn2)C1. The molecule has 5 heteroatoms. The van der Waals surface area contributed by atoms with Gasteiger partial charge in [0.05, 0.1) is 12.1 Å². The van der Waals surface area contributed by atoms with Crippen LogP contribution < -0.4 is 5.32 Å². The number of hydrogen-bond acceptors (Lipinski definition) is 3. The number of aliphatic hydroxyl groups excluding tert-OH is 1. The van der Waals surface area contributed by atoms with Crippen LogP contribution in [0.5, 0.6) is 0 Å². The lowest BCUT2D eigenvalue weighted by atomic mass is 9.77. The number of hydrogen-bond donors (Lipinski definition) is 2. The van der Waals surface area contributed by atoms with Gasteiger partial charge in [0.25, 0.3) is 0 Å². The van der Waals surface area contributed by atoms with Crippen LogP contribution in [-0.2, 0) is 11.3 Å². The van der Waals surface area contributed by atoms with Crippen molar-refractivity contribution >= 4 is 5.91 Å². The van der Waals surface area contributed by atoms with Gasteiger partial charge in [-0.15, -0.1) is 0 Å². The third-order valence-corrected chi connectivity index (χ3v) is 3.66. The van der Waals surface area contributed by atoms with E-state index in [1.807, 2.05) is 0 Å². The first-order valence-electron chi connectivity index (χ1n) is 6.53. The van der Waals surface area contributed by atoms with Crippen molar-refractivity contribution in [3.8, 4) is 0 Å². The van der Waals surface area contributed by atoms with Crippen LogP contribution in [0, 0.1) is 5.92 Å². The Kier molecular flexibility index (Phi) is 4.01. The lowest BCUT2D eigenvalue weighted by Gasteiger charge is -2.39. The zero-order chi connectivity index (χ0) is 13.0. The predicted molar refractivity (Wildman–Crippen MR) is 67.8 cm³/mol. The fourth-order valence-corrected chi connectivity index (χ4v) is 2.83. The zero-order valence-corrected chi connectivity index (χ0v) is 10.8. The van der Waals surface area contributed by atoms with Crippen molar-refractivity contribution < 1.29 is 9.90 Å². The molecule has 1 heterocycles. The molecule has 1 fully saturated rings. The average Bonchev–Trinajstić information content (AvgIpc) is 2.81. The van der Waals surface area contributed by atoms with Crippen LogP contribution in [0.15, 0.2) is 18.5 Å². The van der Waals surface area contributed by atoms with Crippen LogP contribution in [0.4, 0.5) is 0 Å². The molecule has 0 aromatic carbocycles. The van der Waals surface area contributed by atoms with E-state index in [0.717, 1.165) is 19.3 Å². The van der Waals surface area contributed by atoms with Gasteiger partial charge >= 0.3 is 0 Å². The summed E-state index contributed by atoms with van der Waals surface area (Å²) < 4.78 is 1.59. The van der Waals surface area contributed by atoms with Gasteiger partial charge in [0.2, 0.25) is 5.91 Å². The van der Waals surface area contributed by atoms with Crippen molar-refractivity contribution in [3.05, 3.63) is 18.5 Å². The number of aliphatic hydroxyl groups is 1. The van der Waals surface area contributed by atoms with E-state index in [9.17, 15) is 9.90 Å². The standard InChI is InChI=1S/C13H21N3O2/c1-11-4-2-5-13(8-11,10-17)15-12(18)9-16-7-3-6-14-16/h3,6-7,11,17H,2,4-5,8-10H2,1H3,(H,15,18). The van der Waals surface area contributed by atoms with Gasteiger partial charge in [-0.3, -0.25) is 9.48 Å². The second kappa shape index (κ2) is 5.52. The van der Waals surface area contributed by atoms with Gasteiger partial charge in [-0.2, -0.15) is 5.10 Å². The van der Waals surface area contributed by atoms with E-state index < -0.39 is 5.54 Å². The summed E-state index contributed by atoms with van der Waals surface area (Å²) in [6, 6.07) is 1.79. The third-order valence-electron chi connectivity index (χ3n) is 3.66. The molecule has 100 valence electrons. The molecule has 2 unspecified atom stereocenters. The van der Waals surface area contributed by atoms with E-state index in [1.165, 1.54) is 6.42 Å². The summed E-state index contributed by atoms with van der Waals surface area (Å²) in [5.41, 5.74) is -0.429. The number of carbonyl (C=O) groups is 1. The zero-order valence-electron chi connectivity index (χ0n) is 10.8. The van der Waals surface area contributed by atoms with E-state index in [0.29, 0.717) is 5.92 Å². The maximum atomic E-state index is 12.0. The summed E-state index contributed by atoms with van der Waals surface area (Å²) >= 11 is 0. The van der Waals surface area contributed by atoms with E-state index in [4.69, 9.17) is 0 Å². The lowest BCUT2D eigenvalue weighted by molar-refractivity contribution is -0.125. The number of nitrogens with one attached hydrogen (secondary N) is 1. The number of rotatable bonds is 4. The molecular formula is C13H21N3O2. The van der Waals surface area contributed by atoms with Crippen molar-refractivity contribution in [3.63, 3.8) is 0 Å². The van der Waals surface area contributed by atoms with Gasteiger partial charge in [0.1, 0.15) is 6.54 Å². The number of carbonyl (C=O) groups excluding carboxylic acids is 1. The molecule has 2 rings (SSSR count). The Balaban J connectivity index is 1.95. The highest BCUT2D eigenvalue weighted by molar-refractivity contribution is 5.76. The van der Waals surface area contributed by atoms with Crippen molar-refractivity contribution in [2.24, 2.45) is 5.92 Å². The normalized spacial score (nSPS) is 28.0. The van der Waals surface area contributed by atoms with Crippen LogP contribution in [0.3, 0.4) is 0 Å². The Hall–Kier alpha value is -1.36. The molecule has 0 spiro atoms. The summed E-state index contributed by atoms with van der Waals surface area (Å²) in [5.74, 6) is 0.470. The lowest BCUT2D eigenvalue weighted by Crippen LogP contribution is -2.54. The first-order valence-corrected chi connectivity index (χ1v) is 6.53. The topological polar surface area (TPSA) is 67.2 Å². The van der Waals surface area contributed by atoms with Gasteiger partial charge in [0.15, 0.2) is 0 Å². The summed E-state index contributed by atoms with van der Waals surface area (Å²) in [4.78, 5) is 12.0. The molecule has 1 aliphatic carbocycles. The predicted octanol–water partition coefficient (Wildman–Crippen LogP) is 0.940. The summed E-state index contributed by atoms with van der Waals surface area (Å²) in [6.45, 7) is 2.40. The van der Waals surface area contributed by atoms with Crippen LogP contribution in [0.2, 0.25) is 0 Å². The van der Waals surface area contributed by atoms with Gasteiger partial charge in [-0.25, -0.2) is 0 Å². The van der Waals surface area contributed by atoms with Crippen LogP contribution in [0.25, 0.3) is 0 Å². The second-order valence-corrected chi connectivity index (χ2v) is 5.39. The molecule has 1 amide bonds. The fourth-order valence-electron chi connectivity index (χ4n) is 2.83. The minimum Gasteiger partial charge on any atom is -0.394 e. The Morgan fingerprint density at radius 3 is 3.11 bits per heavy atom. The molecule has 0 bridgehead atoms. The van der Waals surface area contributed by atoms with Crippen LogP contribution in [-0.4, -0.2) is 32.9 Å². The Morgan fingerprint density at radius 1 is 1.67 bits per heavy atom. The van der Waals surface area contributed by atoms with Gasteiger partial charge < -0.3 is 10.4 Å². The molecule has 5 nitrogen and oxygen atoms in total. The highest BCUT2D eigenvalue weighted by Crippen LogP contribution is 2.31. The van der Waals surface area contributed by atoms with Crippen molar-refractivity contribution in [1.29, 1.82) is 0 Å². The number of nitrogens with zero attached hydrogens (tertiary/aromatic N) is 2. The summed E-state index contributed by atoms with van der Waals surface area (Å²) in [5, 5.41) is 16.6. The van der Waals surface area contributed by atoms with Crippen molar-refractivity contribution in [2.45, 2.75) is 44.7 Å². The smallest absolute Gasteiger partial charge is 0.242 e. The molecule has 1 aromatic heterocycles. The molecule has 1 aromatic rings. The Labute approximate surface area is 107 Å². The largest absolute Gasteiger partial charge is 0.394 e. The van der Waals surface area contributed by atoms with E-state index in [2.05, 4.69) is 17.3 Å². The number of amides is 1. The van der Waals surface area contributed by atoms with Crippen molar-refractivity contribution in [2.75, 3.05) is 6.61 Å². The van der Waals surface area contributed by atoms with Crippen LogP contribution in [0.1, 0.15) is 32.6 Å². The summed E-state index contributed by atoms with van der Waals surface area (Å²) in [6.07, 6.45) is 7.36. The van der Waals surface area contributed by atoms with Crippen LogP contribution >= 0.6 is 0 Å². The first kappa shape index (κ1) is 13.1. The highest BCUT2D eigenvalue weighted by Gasteiger charge is 2.35. The molecule has 18 heavy (non-hydrogen) atoms. The van der Waals surface area contributed by atoms with Gasteiger partial charge in [0, 0.05) is 12.4 Å². The molecule has 2 atom stereocenters. The van der Waals surface area contributed by atoms with E-state index in [-0.39, 0.29) is 19.1 Å². The maximum Gasteiger partial charge on any atom is 0.242 e. The minimum atomic E-state index is -0.429. The maximum absolute atomic E-state index is 12.0. The molecule has 0 aliphatic heterocycles. The molecule has 1 aliphatic rings. The van der Waals surface area contributed by atoms with E-state index in [1.54, 1.807) is 23.1 Å². The highest BCUT2D eigenvalue weighted by atomic mass is 16.3. The molecule has 0 saturated heterocycles. The van der Waals surface area contributed by atoms with Gasteiger partial charge in [-0.05, 0) is 24.8 Å². The fraction of sp³-hybridized carbons (Fsp3) is 0.692. The minimum absolute atomic E-state index is 0.0161.